The lowest BCUT2D eigenvalue weighted by Gasteiger charge is -2.10. The molecule has 0 amide bonds. The highest BCUT2D eigenvalue weighted by molar-refractivity contribution is 9.11. The average molecular weight is 386 g/mol. The Labute approximate surface area is 129 Å². The van der Waals surface area contributed by atoms with Crippen LogP contribution in [-0.2, 0) is 6.42 Å². The van der Waals surface area contributed by atoms with Crippen molar-refractivity contribution in [2.75, 3.05) is 0 Å². The van der Waals surface area contributed by atoms with Crippen molar-refractivity contribution in [2.45, 2.75) is 19.4 Å². The third-order valence-corrected chi connectivity index (χ3v) is 3.56. The molecule has 1 aromatic carbocycles. The Bertz CT molecular complexity index is 573. The van der Waals surface area contributed by atoms with Crippen LogP contribution >= 0.6 is 31.9 Å². The highest BCUT2D eigenvalue weighted by Crippen LogP contribution is 2.31. The monoisotopic (exact) mass is 384 g/mol. The predicted molar refractivity (Wildman–Crippen MR) is 83.5 cm³/mol. The first-order valence-corrected chi connectivity index (χ1v) is 7.45. The summed E-state index contributed by atoms with van der Waals surface area (Å²) in [5.74, 6) is 1.46. The minimum atomic E-state index is 0.108. The number of pyridine rings is 1. The van der Waals surface area contributed by atoms with Crippen LogP contribution in [0, 0.1) is 0 Å². The van der Waals surface area contributed by atoms with E-state index in [1.165, 1.54) is 0 Å². The summed E-state index contributed by atoms with van der Waals surface area (Å²) in [5, 5.41) is 0. The van der Waals surface area contributed by atoms with E-state index in [4.69, 9.17) is 10.5 Å². The first-order valence-electron chi connectivity index (χ1n) is 5.87. The van der Waals surface area contributed by atoms with Crippen LogP contribution in [0.4, 0.5) is 0 Å². The Kier molecular flexibility index (Phi) is 4.96. The quantitative estimate of drug-likeness (QED) is 0.853. The molecule has 3 nitrogen and oxygen atoms in total. The number of aromatic nitrogens is 1. The number of nitrogens with zero attached hydrogens (tertiary/aromatic N) is 1. The molecule has 0 saturated heterocycles. The maximum absolute atomic E-state index is 5.82. The number of nitrogens with two attached hydrogens (primary N) is 1. The van der Waals surface area contributed by atoms with Gasteiger partial charge >= 0.3 is 0 Å². The van der Waals surface area contributed by atoms with Gasteiger partial charge in [-0.3, -0.25) is 4.98 Å². The molecular weight excluding hydrogens is 372 g/mol. The van der Waals surface area contributed by atoms with Crippen molar-refractivity contribution >= 4 is 31.9 Å². The summed E-state index contributed by atoms with van der Waals surface area (Å²) in [6, 6.07) is 7.84. The molecule has 1 unspecified atom stereocenters. The fraction of sp³-hybridized carbons (Fsp3) is 0.214. The van der Waals surface area contributed by atoms with Crippen molar-refractivity contribution in [3.05, 3.63) is 51.2 Å². The normalized spacial score (nSPS) is 12.2. The molecular formula is C14H14Br2N2O. The smallest absolute Gasteiger partial charge is 0.146 e. The van der Waals surface area contributed by atoms with E-state index in [9.17, 15) is 0 Å². The molecule has 2 aromatic rings. The molecule has 0 aliphatic heterocycles. The predicted octanol–water partition coefficient (Wildman–Crippen LogP) is 4.29. The maximum atomic E-state index is 5.82. The summed E-state index contributed by atoms with van der Waals surface area (Å²) >= 11 is 6.88. The minimum Gasteiger partial charge on any atom is -0.455 e. The van der Waals surface area contributed by atoms with Gasteiger partial charge in [-0.15, -0.1) is 0 Å². The van der Waals surface area contributed by atoms with Crippen molar-refractivity contribution in [3.8, 4) is 11.5 Å². The van der Waals surface area contributed by atoms with Crippen LogP contribution in [0.3, 0.4) is 0 Å². The Morgan fingerprint density at radius 1 is 1.26 bits per heavy atom. The van der Waals surface area contributed by atoms with E-state index in [0.29, 0.717) is 5.75 Å². The first kappa shape index (κ1) is 14.5. The van der Waals surface area contributed by atoms with E-state index in [0.717, 1.165) is 26.7 Å². The average Bonchev–Trinajstić information content (AvgIpc) is 2.32. The summed E-state index contributed by atoms with van der Waals surface area (Å²) in [4.78, 5) is 4.18. The van der Waals surface area contributed by atoms with Gasteiger partial charge in [-0.05, 0) is 59.1 Å². The molecule has 0 radical (unpaired) electrons. The van der Waals surface area contributed by atoms with Gasteiger partial charge in [0.15, 0.2) is 0 Å². The van der Waals surface area contributed by atoms with Crippen LogP contribution in [0.15, 0.2) is 45.6 Å². The summed E-state index contributed by atoms with van der Waals surface area (Å²) in [6.07, 6.45) is 4.29. The third kappa shape index (κ3) is 4.30. The fourth-order valence-electron chi connectivity index (χ4n) is 1.69. The first-order chi connectivity index (χ1) is 9.04. The lowest BCUT2D eigenvalue weighted by molar-refractivity contribution is 0.476. The molecule has 1 atom stereocenters. The molecule has 1 heterocycles. The zero-order valence-corrected chi connectivity index (χ0v) is 13.6. The largest absolute Gasteiger partial charge is 0.455 e. The molecule has 0 aliphatic carbocycles. The van der Waals surface area contributed by atoms with Gasteiger partial charge in [0, 0.05) is 16.7 Å². The van der Waals surface area contributed by atoms with E-state index < -0.39 is 0 Å². The van der Waals surface area contributed by atoms with Gasteiger partial charge in [-0.2, -0.15) is 0 Å². The lowest BCUT2D eigenvalue weighted by Crippen LogP contribution is -2.17. The van der Waals surface area contributed by atoms with Gasteiger partial charge in [0.05, 0.1) is 10.7 Å². The molecule has 0 fully saturated rings. The Hall–Kier alpha value is -0.910. The standard InChI is InChI=1S/C14H14Br2N2O/c1-9(17)4-10-5-12(8-18-7-10)19-14-3-2-11(15)6-13(14)16/h2-3,5-9H,4,17H2,1H3. The molecule has 5 heteroatoms. The lowest BCUT2D eigenvalue weighted by atomic mass is 10.1. The second kappa shape index (κ2) is 6.50. The van der Waals surface area contributed by atoms with Gasteiger partial charge in [0.25, 0.3) is 0 Å². The van der Waals surface area contributed by atoms with Crippen molar-refractivity contribution in [1.82, 2.24) is 4.98 Å². The Morgan fingerprint density at radius 2 is 2.05 bits per heavy atom. The zero-order valence-electron chi connectivity index (χ0n) is 10.4. The molecule has 0 aliphatic rings. The van der Waals surface area contributed by atoms with E-state index in [2.05, 4.69) is 36.8 Å². The summed E-state index contributed by atoms with van der Waals surface area (Å²) in [5.41, 5.74) is 6.86. The third-order valence-electron chi connectivity index (χ3n) is 2.45. The second-order valence-corrected chi connectivity index (χ2v) is 6.16. The molecule has 0 bridgehead atoms. The van der Waals surface area contributed by atoms with Crippen LogP contribution in [0.25, 0.3) is 0 Å². The van der Waals surface area contributed by atoms with Gasteiger partial charge < -0.3 is 10.5 Å². The SMILES string of the molecule is CC(N)Cc1cncc(Oc2ccc(Br)cc2Br)c1. The molecule has 0 saturated carbocycles. The van der Waals surface area contributed by atoms with E-state index in [1.54, 1.807) is 6.20 Å². The molecule has 19 heavy (non-hydrogen) atoms. The molecule has 0 spiro atoms. The summed E-state index contributed by atoms with van der Waals surface area (Å²) in [6.45, 7) is 1.97. The van der Waals surface area contributed by atoms with Crippen LogP contribution in [0.5, 0.6) is 11.5 Å². The molecule has 1 aromatic heterocycles. The van der Waals surface area contributed by atoms with E-state index in [-0.39, 0.29) is 6.04 Å². The van der Waals surface area contributed by atoms with Crippen molar-refractivity contribution in [2.24, 2.45) is 5.73 Å². The van der Waals surface area contributed by atoms with Gasteiger partial charge in [0.2, 0.25) is 0 Å². The minimum absolute atomic E-state index is 0.108. The van der Waals surface area contributed by atoms with Gasteiger partial charge in [-0.25, -0.2) is 0 Å². The van der Waals surface area contributed by atoms with Crippen molar-refractivity contribution in [1.29, 1.82) is 0 Å². The van der Waals surface area contributed by atoms with Crippen molar-refractivity contribution < 1.29 is 4.74 Å². The van der Waals surface area contributed by atoms with Crippen LogP contribution in [-0.4, -0.2) is 11.0 Å². The van der Waals surface area contributed by atoms with Crippen molar-refractivity contribution in [3.63, 3.8) is 0 Å². The summed E-state index contributed by atoms with van der Waals surface area (Å²) in [7, 11) is 0. The van der Waals surface area contributed by atoms with Crippen LogP contribution in [0.1, 0.15) is 12.5 Å². The molecule has 2 rings (SSSR count). The number of hydrogen-bond acceptors (Lipinski definition) is 3. The maximum Gasteiger partial charge on any atom is 0.146 e. The molecule has 100 valence electrons. The second-order valence-electron chi connectivity index (χ2n) is 4.39. The van der Waals surface area contributed by atoms with Crippen LogP contribution < -0.4 is 10.5 Å². The van der Waals surface area contributed by atoms with E-state index >= 15 is 0 Å². The number of ether oxygens (including phenoxy) is 1. The number of benzene rings is 1. The number of halogens is 2. The van der Waals surface area contributed by atoms with Crippen LogP contribution in [0.2, 0.25) is 0 Å². The van der Waals surface area contributed by atoms with Gasteiger partial charge in [-0.1, -0.05) is 15.9 Å². The molecule has 2 N–H and O–H groups in total. The number of rotatable bonds is 4. The Morgan fingerprint density at radius 3 is 2.74 bits per heavy atom. The fourth-order valence-corrected chi connectivity index (χ4v) is 2.82. The zero-order chi connectivity index (χ0) is 13.8. The van der Waals surface area contributed by atoms with Gasteiger partial charge in [0.1, 0.15) is 11.5 Å². The highest BCUT2D eigenvalue weighted by Gasteiger charge is 2.05. The van der Waals surface area contributed by atoms with E-state index in [1.807, 2.05) is 37.4 Å². The Balaban J connectivity index is 2.18. The number of hydrogen-bond donors (Lipinski definition) is 1. The highest BCUT2D eigenvalue weighted by atomic mass is 79.9. The topological polar surface area (TPSA) is 48.1 Å². The summed E-state index contributed by atoms with van der Waals surface area (Å²) < 4.78 is 7.70.